The highest BCUT2D eigenvalue weighted by atomic mass is 15.1. The summed E-state index contributed by atoms with van der Waals surface area (Å²) in [5.74, 6) is 0.900. The van der Waals surface area contributed by atoms with Crippen LogP contribution in [0.3, 0.4) is 0 Å². The summed E-state index contributed by atoms with van der Waals surface area (Å²) in [7, 11) is 0. The molecule has 4 heterocycles. The predicted octanol–water partition coefficient (Wildman–Crippen LogP) is 8.95. The zero-order chi connectivity index (χ0) is 26.2. The highest BCUT2D eigenvalue weighted by molar-refractivity contribution is 6.29. The van der Waals surface area contributed by atoms with Gasteiger partial charge in [-0.15, -0.1) is 0 Å². The number of aromatic nitrogens is 4. The maximum absolute atomic E-state index is 5.22. The smallest absolute Gasteiger partial charge is 0.147 e. The van der Waals surface area contributed by atoms with Gasteiger partial charge in [-0.25, -0.2) is 9.97 Å². The molecule has 0 radical (unpaired) electrons. The molecule has 4 nitrogen and oxygen atoms in total. The van der Waals surface area contributed by atoms with Gasteiger partial charge in [0.25, 0.3) is 0 Å². The maximum Gasteiger partial charge on any atom is 0.147 e. The van der Waals surface area contributed by atoms with Crippen molar-refractivity contribution in [3.05, 3.63) is 134 Å². The largest absolute Gasteiger partial charge is 0.294 e. The van der Waals surface area contributed by atoms with E-state index in [1.807, 2.05) is 12.3 Å². The van der Waals surface area contributed by atoms with E-state index in [1.165, 1.54) is 38.0 Å². The Morgan fingerprint density at radius 1 is 0.475 bits per heavy atom. The van der Waals surface area contributed by atoms with Crippen LogP contribution in [0.5, 0.6) is 0 Å². The van der Waals surface area contributed by atoms with E-state index in [1.54, 1.807) is 0 Å². The Bertz CT molecular complexity index is 2430. The molecule has 9 rings (SSSR count). The molecule has 0 spiro atoms. The van der Waals surface area contributed by atoms with Gasteiger partial charge in [0, 0.05) is 27.7 Å². The molecule has 0 saturated carbocycles. The minimum absolute atomic E-state index is 0.900. The van der Waals surface area contributed by atoms with Gasteiger partial charge in [-0.2, -0.15) is 0 Å². The molecule has 0 atom stereocenters. The summed E-state index contributed by atoms with van der Waals surface area (Å²) < 4.78 is 4.62. The van der Waals surface area contributed by atoms with Crippen molar-refractivity contribution >= 4 is 60.2 Å². The van der Waals surface area contributed by atoms with Crippen molar-refractivity contribution in [2.24, 2.45) is 0 Å². The van der Waals surface area contributed by atoms with Gasteiger partial charge < -0.3 is 0 Å². The summed E-state index contributed by atoms with van der Waals surface area (Å²) in [6, 6.07) is 45.0. The lowest BCUT2D eigenvalue weighted by atomic mass is 10.0. The van der Waals surface area contributed by atoms with Crippen LogP contribution in [0.4, 0.5) is 0 Å². The topological polar surface area (TPSA) is 35.1 Å². The average molecular weight is 511 g/mol. The number of hydrogen-bond acceptors (Lipinski definition) is 2. The average Bonchev–Trinajstić information content (AvgIpc) is 3.58. The van der Waals surface area contributed by atoms with Crippen molar-refractivity contribution in [3.63, 3.8) is 0 Å². The van der Waals surface area contributed by atoms with E-state index >= 15 is 0 Å². The molecular weight excluding hydrogens is 488 g/mol. The van der Waals surface area contributed by atoms with E-state index in [9.17, 15) is 0 Å². The van der Waals surface area contributed by atoms with Gasteiger partial charge in [0.2, 0.25) is 0 Å². The summed E-state index contributed by atoms with van der Waals surface area (Å²) >= 11 is 0. The third kappa shape index (κ3) is 2.85. The number of fused-ring (bicyclic) bond motifs is 12. The first-order valence-electron chi connectivity index (χ1n) is 13.5. The molecule has 4 heteroatoms. The van der Waals surface area contributed by atoms with Gasteiger partial charge in [0.15, 0.2) is 0 Å². The minimum Gasteiger partial charge on any atom is -0.294 e. The summed E-state index contributed by atoms with van der Waals surface area (Å²) in [6.07, 6.45) is 1.91. The Labute approximate surface area is 229 Å². The van der Waals surface area contributed by atoms with E-state index < -0.39 is 0 Å². The van der Waals surface area contributed by atoms with Crippen LogP contribution in [0.25, 0.3) is 77.1 Å². The van der Waals surface area contributed by atoms with Crippen molar-refractivity contribution in [2.45, 2.75) is 0 Å². The number of imidazole rings is 1. The van der Waals surface area contributed by atoms with Gasteiger partial charge in [0.1, 0.15) is 11.5 Å². The van der Waals surface area contributed by atoms with E-state index in [4.69, 9.17) is 9.97 Å². The van der Waals surface area contributed by atoms with E-state index in [0.29, 0.717) is 0 Å². The Kier molecular flexibility index (Phi) is 4.30. The van der Waals surface area contributed by atoms with Crippen LogP contribution in [-0.2, 0) is 0 Å². The number of benzene rings is 5. The van der Waals surface area contributed by atoms with Crippen molar-refractivity contribution < 1.29 is 0 Å². The standard InChI is InChI=1S/C36H22N4/c1-2-10-23(11-3-1)24-20-21-37-33(22-24)39-30-16-8-5-13-27(30)34-32(39)19-18-26-25-12-4-7-15-29(25)40-31-17-9-6-14-28(31)38-36(40)35(26)34/h1-22H. The quantitative estimate of drug-likeness (QED) is 0.218. The SMILES string of the molecule is c1ccc(-c2ccnc(-n3c4ccccc4c4c5c(ccc43)c3ccccc3n3c4ccccc4nc53)c2)cc1. The molecule has 40 heavy (non-hydrogen) atoms. The molecule has 9 aromatic rings. The molecule has 5 aromatic carbocycles. The van der Waals surface area contributed by atoms with Crippen molar-refractivity contribution in [1.82, 2.24) is 18.9 Å². The molecule has 0 unspecified atom stereocenters. The highest BCUT2D eigenvalue weighted by Gasteiger charge is 2.21. The first-order chi connectivity index (χ1) is 19.9. The minimum atomic E-state index is 0.900. The van der Waals surface area contributed by atoms with Crippen LogP contribution in [0.1, 0.15) is 0 Å². The van der Waals surface area contributed by atoms with Gasteiger partial charge in [0.05, 0.1) is 27.6 Å². The second-order valence-corrected chi connectivity index (χ2v) is 10.3. The third-order valence-electron chi connectivity index (χ3n) is 8.14. The van der Waals surface area contributed by atoms with Crippen LogP contribution in [-0.4, -0.2) is 18.9 Å². The van der Waals surface area contributed by atoms with Gasteiger partial charge in [-0.05, 0) is 59.0 Å². The Balaban J connectivity index is 1.49. The molecule has 0 fully saturated rings. The normalized spacial score (nSPS) is 12.0. The monoisotopic (exact) mass is 510 g/mol. The van der Waals surface area contributed by atoms with Gasteiger partial charge in [-0.3, -0.25) is 8.97 Å². The first-order valence-corrected chi connectivity index (χ1v) is 13.5. The second-order valence-electron chi connectivity index (χ2n) is 10.3. The lowest BCUT2D eigenvalue weighted by Gasteiger charge is -2.12. The van der Waals surface area contributed by atoms with E-state index in [0.717, 1.165) is 39.1 Å². The van der Waals surface area contributed by atoms with Crippen molar-refractivity contribution in [1.29, 1.82) is 0 Å². The van der Waals surface area contributed by atoms with E-state index in [2.05, 4.69) is 130 Å². The zero-order valence-electron chi connectivity index (χ0n) is 21.5. The summed E-state index contributed by atoms with van der Waals surface area (Å²) in [5.41, 5.74) is 8.83. The highest BCUT2D eigenvalue weighted by Crippen LogP contribution is 2.41. The molecule has 0 bridgehead atoms. The molecule has 0 aliphatic rings. The Hall–Kier alpha value is -5.48. The van der Waals surface area contributed by atoms with E-state index in [-0.39, 0.29) is 0 Å². The van der Waals surface area contributed by atoms with Crippen LogP contribution in [0.15, 0.2) is 134 Å². The summed E-state index contributed by atoms with van der Waals surface area (Å²) in [4.78, 5) is 10.1. The number of rotatable bonds is 2. The van der Waals surface area contributed by atoms with Crippen LogP contribution in [0, 0.1) is 0 Å². The second kappa shape index (κ2) is 8.01. The number of hydrogen-bond donors (Lipinski definition) is 0. The lowest BCUT2D eigenvalue weighted by molar-refractivity contribution is 1.08. The van der Waals surface area contributed by atoms with Gasteiger partial charge in [-0.1, -0.05) is 84.9 Å². The van der Waals surface area contributed by atoms with Crippen LogP contribution < -0.4 is 0 Å². The number of para-hydroxylation sites is 4. The number of nitrogens with zero attached hydrogens (tertiary/aromatic N) is 4. The third-order valence-corrected chi connectivity index (χ3v) is 8.14. The fourth-order valence-corrected chi connectivity index (χ4v) is 6.45. The van der Waals surface area contributed by atoms with Crippen molar-refractivity contribution in [2.75, 3.05) is 0 Å². The number of pyridine rings is 2. The fraction of sp³-hybridized carbons (Fsp3) is 0. The fourth-order valence-electron chi connectivity index (χ4n) is 6.45. The van der Waals surface area contributed by atoms with Gasteiger partial charge >= 0.3 is 0 Å². The predicted molar refractivity (Wildman–Crippen MR) is 165 cm³/mol. The molecule has 0 saturated heterocycles. The first kappa shape index (κ1) is 21.5. The Morgan fingerprint density at radius 3 is 2.08 bits per heavy atom. The molecule has 0 aliphatic carbocycles. The molecule has 0 amide bonds. The molecular formula is C36H22N4. The molecule has 4 aromatic heterocycles. The molecule has 0 aliphatic heterocycles. The van der Waals surface area contributed by atoms with Crippen LogP contribution in [0.2, 0.25) is 0 Å². The molecule has 186 valence electrons. The maximum atomic E-state index is 5.22. The molecule has 0 N–H and O–H groups in total. The summed E-state index contributed by atoms with van der Waals surface area (Å²) in [6.45, 7) is 0. The van der Waals surface area contributed by atoms with Crippen LogP contribution >= 0.6 is 0 Å². The zero-order valence-corrected chi connectivity index (χ0v) is 21.5. The lowest BCUT2D eigenvalue weighted by Crippen LogP contribution is -1.98. The Morgan fingerprint density at radius 2 is 1.20 bits per heavy atom. The summed E-state index contributed by atoms with van der Waals surface area (Å²) in [5, 5.41) is 5.99. The van der Waals surface area contributed by atoms with Crippen molar-refractivity contribution in [3.8, 4) is 16.9 Å².